The van der Waals surface area contributed by atoms with Crippen molar-refractivity contribution in [3.05, 3.63) is 0 Å². The van der Waals surface area contributed by atoms with E-state index in [1.54, 1.807) is 0 Å². The Morgan fingerprint density at radius 3 is 2.61 bits per heavy atom. The quantitative estimate of drug-likeness (QED) is 0.817. The van der Waals surface area contributed by atoms with Crippen LogP contribution in [-0.4, -0.2) is 62.5 Å². The summed E-state index contributed by atoms with van der Waals surface area (Å²) in [5.74, 6) is 0.637. The third kappa shape index (κ3) is 3.67. The smallest absolute Gasteiger partial charge is 0.0622 e. The number of morpholine rings is 2. The lowest BCUT2D eigenvalue weighted by molar-refractivity contribution is -0.0351. The standard InChI is InChI=1S/C14H28N2O2/c1-11(2)16-5-7-18-9-13(16)8-12(3)14-10-17-6-4-15-14/h11-15H,4-10H2,1-3H3. The van der Waals surface area contributed by atoms with Gasteiger partial charge in [-0.3, -0.25) is 4.90 Å². The summed E-state index contributed by atoms with van der Waals surface area (Å²) in [5, 5.41) is 3.57. The molecule has 2 fully saturated rings. The largest absolute Gasteiger partial charge is 0.379 e. The van der Waals surface area contributed by atoms with Gasteiger partial charge < -0.3 is 14.8 Å². The summed E-state index contributed by atoms with van der Waals surface area (Å²) in [7, 11) is 0. The summed E-state index contributed by atoms with van der Waals surface area (Å²) >= 11 is 0. The number of hydrogen-bond donors (Lipinski definition) is 1. The summed E-state index contributed by atoms with van der Waals surface area (Å²) in [6, 6.07) is 1.69. The van der Waals surface area contributed by atoms with E-state index in [1.807, 2.05) is 0 Å². The predicted octanol–water partition coefficient (Wildman–Crippen LogP) is 1.11. The van der Waals surface area contributed by atoms with Gasteiger partial charge in [-0.2, -0.15) is 0 Å². The van der Waals surface area contributed by atoms with Gasteiger partial charge in [-0.1, -0.05) is 6.92 Å². The van der Waals surface area contributed by atoms with Crippen molar-refractivity contribution in [2.45, 2.75) is 45.3 Å². The van der Waals surface area contributed by atoms with Crippen LogP contribution in [0.25, 0.3) is 0 Å². The van der Waals surface area contributed by atoms with Crippen LogP contribution >= 0.6 is 0 Å². The molecule has 4 heteroatoms. The molecule has 4 nitrogen and oxygen atoms in total. The van der Waals surface area contributed by atoms with Crippen LogP contribution in [0.5, 0.6) is 0 Å². The zero-order chi connectivity index (χ0) is 13.0. The van der Waals surface area contributed by atoms with Crippen molar-refractivity contribution < 1.29 is 9.47 Å². The first-order chi connectivity index (χ1) is 8.68. The van der Waals surface area contributed by atoms with Crippen molar-refractivity contribution in [3.8, 4) is 0 Å². The Bertz CT molecular complexity index is 242. The molecule has 2 heterocycles. The van der Waals surface area contributed by atoms with Crippen molar-refractivity contribution in [1.82, 2.24) is 10.2 Å². The molecule has 2 aliphatic rings. The Morgan fingerprint density at radius 1 is 1.17 bits per heavy atom. The van der Waals surface area contributed by atoms with Gasteiger partial charge in [0.25, 0.3) is 0 Å². The molecule has 0 aromatic rings. The lowest BCUT2D eigenvalue weighted by Gasteiger charge is -2.41. The van der Waals surface area contributed by atoms with Crippen molar-refractivity contribution in [1.29, 1.82) is 0 Å². The molecule has 1 N–H and O–H groups in total. The first-order valence-electron chi connectivity index (χ1n) is 7.33. The molecule has 2 rings (SSSR count). The van der Waals surface area contributed by atoms with Gasteiger partial charge in [-0.05, 0) is 26.2 Å². The van der Waals surface area contributed by atoms with Crippen molar-refractivity contribution in [3.63, 3.8) is 0 Å². The van der Waals surface area contributed by atoms with E-state index in [4.69, 9.17) is 9.47 Å². The van der Waals surface area contributed by atoms with Crippen LogP contribution in [0, 0.1) is 5.92 Å². The Kier molecular flexibility index (Phi) is 5.42. The maximum absolute atomic E-state index is 5.66. The molecule has 0 spiro atoms. The summed E-state index contributed by atoms with van der Waals surface area (Å²) < 4.78 is 11.2. The number of ether oxygens (including phenoxy) is 2. The van der Waals surface area contributed by atoms with Crippen molar-refractivity contribution in [2.24, 2.45) is 5.92 Å². The van der Waals surface area contributed by atoms with Gasteiger partial charge in [-0.15, -0.1) is 0 Å². The molecular formula is C14H28N2O2. The first kappa shape index (κ1) is 14.3. The fraction of sp³-hybridized carbons (Fsp3) is 1.00. The van der Waals surface area contributed by atoms with Crippen LogP contribution < -0.4 is 5.32 Å². The number of nitrogens with zero attached hydrogens (tertiary/aromatic N) is 1. The van der Waals surface area contributed by atoms with Gasteiger partial charge in [-0.25, -0.2) is 0 Å². The summed E-state index contributed by atoms with van der Waals surface area (Å²) in [6.45, 7) is 12.4. The Balaban J connectivity index is 1.85. The molecule has 18 heavy (non-hydrogen) atoms. The van der Waals surface area contributed by atoms with Crippen LogP contribution in [-0.2, 0) is 9.47 Å². The van der Waals surface area contributed by atoms with Gasteiger partial charge in [0.15, 0.2) is 0 Å². The summed E-state index contributed by atoms with van der Waals surface area (Å²) in [5.41, 5.74) is 0. The van der Waals surface area contributed by atoms with E-state index < -0.39 is 0 Å². The van der Waals surface area contributed by atoms with Crippen molar-refractivity contribution in [2.75, 3.05) is 39.5 Å². The second-order valence-electron chi connectivity index (χ2n) is 5.91. The van der Waals surface area contributed by atoms with Crippen LogP contribution in [0.2, 0.25) is 0 Å². The monoisotopic (exact) mass is 256 g/mol. The van der Waals surface area contributed by atoms with E-state index in [1.165, 1.54) is 6.42 Å². The van der Waals surface area contributed by atoms with E-state index in [9.17, 15) is 0 Å². The van der Waals surface area contributed by atoms with E-state index in [-0.39, 0.29) is 0 Å². The van der Waals surface area contributed by atoms with Crippen LogP contribution in [0.3, 0.4) is 0 Å². The SMILES string of the molecule is CC(CC1COCCN1C(C)C)C1COCCN1. The maximum atomic E-state index is 5.66. The van der Waals surface area contributed by atoms with Gasteiger partial charge in [0.05, 0.1) is 26.4 Å². The lowest BCUT2D eigenvalue weighted by Crippen LogP contribution is -2.52. The van der Waals surface area contributed by atoms with Crippen LogP contribution in [0.4, 0.5) is 0 Å². The maximum Gasteiger partial charge on any atom is 0.0622 e. The zero-order valence-corrected chi connectivity index (χ0v) is 12.0. The van der Waals surface area contributed by atoms with Gasteiger partial charge in [0.1, 0.15) is 0 Å². The minimum atomic E-state index is 0.509. The number of rotatable bonds is 4. The molecule has 0 radical (unpaired) electrons. The molecule has 0 aromatic carbocycles. The van der Waals surface area contributed by atoms with E-state index in [2.05, 4.69) is 31.0 Å². The highest BCUT2D eigenvalue weighted by Crippen LogP contribution is 2.21. The summed E-state index contributed by atoms with van der Waals surface area (Å²) in [4.78, 5) is 2.59. The first-order valence-corrected chi connectivity index (χ1v) is 7.33. The second kappa shape index (κ2) is 6.85. The highest BCUT2D eigenvalue weighted by Gasteiger charge is 2.29. The molecule has 3 atom stereocenters. The molecule has 0 aromatic heterocycles. The van der Waals surface area contributed by atoms with Crippen LogP contribution in [0.1, 0.15) is 27.2 Å². The van der Waals surface area contributed by atoms with E-state index >= 15 is 0 Å². The third-order valence-corrected chi connectivity index (χ3v) is 4.22. The minimum absolute atomic E-state index is 0.509. The predicted molar refractivity (Wildman–Crippen MR) is 72.8 cm³/mol. The molecule has 106 valence electrons. The van der Waals surface area contributed by atoms with Gasteiger partial charge in [0, 0.05) is 31.2 Å². The topological polar surface area (TPSA) is 33.7 Å². The second-order valence-corrected chi connectivity index (χ2v) is 5.91. The number of hydrogen-bond acceptors (Lipinski definition) is 4. The summed E-state index contributed by atoms with van der Waals surface area (Å²) in [6.07, 6.45) is 1.19. The molecular weight excluding hydrogens is 228 g/mol. The Hall–Kier alpha value is -0.160. The van der Waals surface area contributed by atoms with E-state index in [0.29, 0.717) is 24.0 Å². The van der Waals surface area contributed by atoms with Gasteiger partial charge >= 0.3 is 0 Å². The average Bonchev–Trinajstić information content (AvgIpc) is 2.40. The van der Waals surface area contributed by atoms with Crippen molar-refractivity contribution >= 4 is 0 Å². The minimum Gasteiger partial charge on any atom is -0.379 e. The lowest BCUT2D eigenvalue weighted by atomic mass is 9.92. The molecule has 0 saturated carbocycles. The highest BCUT2D eigenvalue weighted by atomic mass is 16.5. The van der Waals surface area contributed by atoms with E-state index in [0.717, 1.165) is 39.5 Å². The average molecular weight is 256 g/mol. The Morgan fingerprint density at radius 2 is 1.94 bits per heavy atom. The van der Waals surface area contributed by atoms with Gasteiger partial charge in [0.2, 0.25) is 0 Å². The zero-order valence-electron chi connectivity index (χ0n) is 12.0. The normalized spacial score (nSPS) is 32.7. The molecule has 2 saturated heterocycles. The van der Waals surface area contributed by atoms with Crippen LogP contribution in [0.15, 0.2) is 0 Å². The highest BCUT2D eigenvalue weighted by molar-refractivity contribution is 4.84. The molecule has 0 amide bonds. The Labute approximate surface area is 111 Å². The molecule has 0 aliphatic carbocycles. The molecule has 2 aliphatic heterocycles. The molecule has 0 bridgehead atoms. The number of nitrogens with one attached hydrogen (secondary N) is 1. The fourth-order valence-electron chi connectivity index (χ4n) is 3.10. The fourth-order valence-corrected chi connectivity index (χ4v) is 3.10. The molecule has 3 unspecified atom stereocenters. The third-order valence-electron chi connectivity index (χ3n) is 4.22.